The summed E-state index contributed by atoms with van der Waals surface area (Å²) in [4.78, 5) is 29.2. The highest BCUT2D eigenvalue weighted by atomic mass is 16.4. The lowest BCUT2D eigenvalue weighted by molar-refractivity contribution is 0.0690. The SMILES string of the molecule is O=C(O)c1cccc(C(=O)N2CCCc3ccccc32)n1. The van der Waals surface area contributed by atoms with Crippen LogP contribution in [0.15, 0.2) is 42.5 Å². The van der Waals surface area contributed by atoms with Crippen LogP contribution in [0.5, 0.6) is 0 Å². The van der Waals surface area contributed by atoms with Gasteiger partial charge in [0.2, 0.25) is 0 Å². The zero-order valence-corrected chi connectivity index (χ0v) is 11.3. The van der Waals surface area contributed by atoms with Crippen molar-refractivity contribution in [1.29, 1.82) is 0 Å². The summed E-state index contributed by atoms with van der Waals surface area (Å²) < 4.78 is 0. The van der Waals surface area contributed by atoms with Gasteiger partial charge in [-0.15, -0.1) is 0 Å². The van der Waals surface area contributed by atoms with E-state index in [1.54, 1.807) is 17.0 Å². The molecule has 5 heteroatoms. The van der Waals surface area contributed by atoms with Crippen LogP contribution in [-0.2, 0) is 6.42 Å². The van der Waals surface area contributed by atoms with Crippen LogP contribution in [0, 0.1) is 0 Å². The third-order valence-corrected chi connectivity index (χ3v) is 3.54. The van der Waals surface area contributed by atoms with Crippen LogP contribution in [0.2, 0.25) is 0 Å². The molecule has 1 aliphatic rings. The molecule has 1 N–H and O–H groups in total. The lowest BCUT2D eigenvalue weighted by Crippen LogP contribution is -2.36. The van der Waals surface area contributed by atoms with Crippen molar-refractivity contribution in [1.82, 2.24) is 4.98 Å². The number of hydrogen-bond donors (Lipinski definition) is 1. The molecule has 0 radical (unpaired) electrons. The molecule has 0 saturated heterocycles. The molecule has 0 spiro atoms. The average molecular weight is 282 g/mol. The highest BCUT2D eigenvalue weighted by molar-refractivity contribution is 6.06. The van der Waals surface area contributed by atoms with E-state index in [0.717, 1.165) is 24.1 Å². The van der Waals surface area contributed by atoms with E-state index in [2.05, 4.69) is 4.98 Å². The minimum atomic E-state index is -1.14. The molecule has 0 bridgehead atoms. The van der Waals surface area contributed by atoms with Crippen LogP contribution in [0.25, 0.3) is 0 Å². The maximum atomic E-state index is 12.6. The van der Waals surface area contributed by atoms with Crippen LogP contribution in [0.4, 0.5) is 5.69 Å². The number of pyridine rings is 1. The van der Waals surface area contributed by atoms with E-state index in [9.17, 15) is 9.59 Å². The quantitative estimate of drug-likeness (QED) is 0.918. The standard InChI is InChI=1S/C16H14N2O3/c19-15(12-7-3-8-13(17-12)16(20)21)18-10-4-6-11-5-1-2-9-14(11)18/h1-3,5,7-9H,4,6,10H2,(H,20,21). The molecule has 0 atom stereocenters. The Hall–Kier alpha value is -2.69. The van der Waals surface area contributed by atoms with Crippen molar-refractivity contribution in [3.63, 3.8) is 0 Å². The summed E-state index contributed by atoms with van der Waals surface area (Å²) in [6, 6.07) is 12.2. The molecule has 3 rings (SSSR count). The average Bonchev–Trinajstić information content (AvgIpc) is 2.53. The first-order chi connectivity index (χ1) is 10.2. The van der Waals surface area contributed by atoms with Crippen molar-refractivity contribution >= 4 is 17.6 Å². The number of aromatic nitrogens is 1. The van der Waals surface area contributed by atoms with Crippen molar-refractivity contribution in [3.8, 4) is 0 Å². The number of anilines is 1. The van der Waals surface area contributed by atoms with E-state index < -0.39 is 5.97 Å². The van der Waals surface area contributed by atoms with E-state index >= 15 is 0 Å². The second-order valence-electron chi connectivity index (χ2n) is 4.90. The van der Waals surface area contributed by atoms with E-state index in [0.29, 0.717) is 6.54 Å². The van der Waals surface area contributed by atoms with Gasteiger partial charge in [-0.2, -0.15) is 0 Å². The normalized spacial score (nSPS) is 13.6. The Kier molecular flexibility index (Phi) is 3.39. The fourth-order valence-electron chi connectivity index (χ4n) is 2.56. The van der Waals surface area contributed by atoms with Gasteiger partial charge >= 0.3 is 5.97 Å². The van der Waals surface area contributed by atoms with Crippen molar-refractivity contribution in [2.45, 2.75) is 12.8 Å². The first-order valence-corrected chi connectivity index (χ1v) is 6.77. The molecule has 0 unspecified atom stereocenters. The smallest absolute Gasteiger partial charge is 0.354 e. The third kappa shape index (κ3) is 2.50. The van der Waals surface area contributed by atoms with Crippen molar-refractivity contribution < 1.29 is 14.7 Å². The number of para-hydroxylation sites is 1. The predicted molar refractivity (Wildman–Crippen MR) is 77.6 cm³/mol. The molecule has 1 aromatic heterocycles. The summed E-state index contributed by atoms with van der Waals surface area (Å²) >= 11 is 0. The number of carboxylic acids is 1. The molecule has 106 valence electrons. The summed E-state index contributed by atoms with van der Waals surface area (Å²) in [5.74, 6) is -1.39. The molecule has 0 aliphatic carbocycles. The predicted octanol–water partition coefficient (Wildman–Crippen LogP) is 2.37. The summed E-state index contributed by atoms with van der Waals surface area (Å²) in [7, 11) is 0. The number of aromatic carboxylic acids is 1. The number of aryl methyl sites for hydroxylation is 1. The van der Waals surface area contributed by atoms with E-state index in [-0.39, 0.29) is 17.3 Å². The van der Waals surface area contributed by atoms with Gasteiger partial charge < -0.3 is 10.0 Å². The zero-order chi connectivity index (χ0) is 14.8. The minimum absolute atomic E-state index is 0.119. The lowest BCUT2D eigenvalue weighted by Gasteiger charge is -2.29. The van der Waals surface area contributed by atoms with E-state index in [1.807, 2.05) is 24.3 Å². The van der Waals surface area contributed by atoms with Gasteiger partial charge in [-0.05, 0) is 36.6 Å². The molecule has 5 nitrogen and oxygen atoms in total. The molecular formula is C16H14N2O3. The number of rotatable bonds is 2. The maximum Gasteiger partial charge on any atom is 0.354 e. The number of amides is 1. The number of carbonyl (C=O) groups excluding carboxylic acids is 1. The molecule has 2 aromatic rings. The maximum absolute atomic E-state index is 12.6. The zero-order valence-electron chi connectivity index (χ0n) is 11.3. The Balaban J connectivity index is 1.96. The van der Waals surface area contributed by atoms with Gasteiger partial charge in [-0.3, -0.25) is 4.79 Å². The number of carbonyl (C=O) groups is 2. The van der Waals surface area contributed by atoms with E-state index in [1.165, 1.54) is 6.07 Å². The van der Waals surface area contributed by atoms with Gasteiger partial charge in [0.05, 0.1) is 0 Å². The second kappa shape index (κ2) is 5.36. The number of nitrogens with zero attached hydrogens (tertiary/aromatic N) is 2. The Morgan fingerprint density at radius 1 is 1.05 bits per heavy atom. The fourth-order valence-corrected chi connectivity index (χ4v) is 2.56. The van der Waals surface area contributed by atoms with E-state index in [4.69, 9.17) is 5.11 Å². The molecule has 2 heterocycles. The molecule has 1 amide bonds. The van der Waals surface area contributed by atoms with Gasteiger partial charge in [0.15, 0.2) is 0 Å². The number of fused-ring (bicyclic) bond motifs is 1. The first-order valence-electron chi connectivity index (χ1n) is 6.77. The van der Waals surface area contributed by atoms with Crippen molar-refractivity contribution in [2.24, 2.45) is 0 Å². The Labute approximate surface area is 121 Å². The topological polar surface area (TPSA) is 70.5 Å². The Bertz CT molecular complexity index is 712. The summed E-state index contributed by atoms with van der Waals surface area (Å²) in [6.07, 6.45) is 1.84. The van der Waals surface area contributed by atoms with Gasteiger partial charge in [-0.25, -0.2) is 9.78 Å². The Morgan fingerprint density at radius 3 is 2.62 bits per heavy atom. The van der Waals surface area contributed by atoms with Gasteiger partial charge in [0.1, 0.15) is 11.4 Å². The van der Waals surface area contributed by atoms with Crippen LogP contribution >= 0.6 is 0 Å². The summed E-state index contributed by atoms with van der Waals surface area (Å²) in [5.41, 5.74) is 2.06. The molecule has 1 aliphatic heterocycles. The molecule has 0 saturated carbocycles. The van der Waals surface area contributed by atoms with Crippen LogP contribution in [-0.4, -0.2) is 28.5 Å². The van der Waals surface area contributed by atoms with Gasteiger partial charge in [0.25, 0.3) is 5.91 Å². The molecule has 1 aromatic carbocycles. The van der Waals surface area contributed by atoms with Gasteiger partial charge in [0, 0.05) is 12.2 Å². The molecule has 21 heavy (non-hydrogen) atoms. The van der Waals surface area contributed by atoms with Crippen LogP contribution in [0.1, 0.15) is 33.0 Å². The number of benzene rings is 1. The van der Waals surface area contributed by atoms with Crippen molar-refractivity contribution in [3.05, 3.63) is 59.4 Å². The number of hydrogen-bond acceptors (Lipinski definition) is 3. The Morgan fingerprint density at radius 2 is 1.81 bits per heavy atom. The monoisotopic (exact) mass is 282 g/mol. The fraction of sp³-hybridized carbons (Fsp3) is 0.188. The largest absolute Gasteiger partial charge is 0.477 e. The molecular weight excluding hydrogens is 268 g/mol. The summed E-state index contributed by atoms with van der Waals surface area (Å²) in [6.45, 7) is 0.620. The first kappa shape index (κ1) is 13.3. The van der Waals surface area contributed by atoms with Crippen LogP contribution < -0.4 is 4.90 Å². The van der Waals surface area contributed by atoms with Gasteiger partial charge in [-0.1, -0.05) is 24.3 Å². The highest BCUT2D eigenvalue weighted by Crippen LogP contribution is 2.27. The van der Waals surface area contributed by atoms with Crippen LogP contribution in [0.3, 0.4) is 0 Å². The second-order valence-corrected chi connectivity index (χ2v) is 4.90. The number of carboxylic acid groups (broad SMARTS) is 1. The summed E-state index contributed by atoms with van der Waals surface area (Å²) in [5, 5.41) is 8.97. The highest BCUT2D eigenvalue weighted by Gasteiger charge is 2.24. The molecule has 0 fully saturated rings. The minimum Gasteiger partial charge on any atom is -0.477 e. The third-order valence-electron chi connectivity index (χ3n) is 3.54. The lowest BCUT2D eigenvalue weighted by atomic mass is 10.0. The van der Waals surface area contributed by atoms with Crippen molar-refractivity contribution in [2.75, 3.05) is 11.4 Å².